The van der Waals surface area contributed by atoms with Crippen molar-refractivity contribution in [3.8, 4) is 23.3 Å². The van der Waals surface area contributed by atoms with Crippen molar-refractivity contribution < 1.29 is 0 Å². The molecule has 0 spiro atoms. The van der Waals surface area contributed by atoms with Crippen LogP contribution >= 0.6 is 0 Å². The van der Waals surface area contributed by atoms with E-state index in [0.29, 0.717) is 22.5 Å². The first-order valence-electron chi connectivity index (χ1n) is 35.6. The summed E-state index contributed by atoms with van der Waals surface area (Å²) in [5.74, 6) is -1.11. The lowest BCUT2D eigenvalue weighted by atomic mass is 9.59. The van der Waals surface area contributed by atoms with Gasteiger partial charge in [-0.1, -0.05) is 194 Å². The molecule has 6 nitrogen and oxygen atoms in total. The first-order chi connectivity index (χ1) is 50.5. The largest absolute Gasteiger partial charge is 0.311 e. The van der Waals surface area contributed by atoms with E-state index in [4.69, 9.17) is 0 Å². The van der Waals surface area contributed by atoms with E-state index in [0.717, 1.165) is 110 Å². The minimum atomic E-state index is -0.144. The van der Waals surface area contributed by atoms with Crippen LogP contribution in [0.3, 0.4) is 0 Å². The maximum atomic E-state index is 11.8. The summed E-state index contributed by atoms with van der Waals surface area (Å²) in [7, 11) is 0. The summed E-state index contributed by atoms with van der Waals surface area (Å²) >= 11 is 0. The minimum Gasteiger partial charge on any atom is -0.311 e. The summed E-state index contributed by atoms with van der Waals surface area (Å²) in [5.41, 5.74) is 40.6. The van der Waals surface area contributed by atoms with Gasteiger partial charge < -0.3 is 8.80 Å². The van der Waals surface area contributed by atoms with Crippen LogP contribution < -0.4 is 0 Å². The fraction of sp³-hybridized carbons (Fsp3) is 0.0833. The summed E-state index contributed by atoms with van der Waals surface area (Å²) in [6, 6.07) is 96.2. The zero-order valence-corrected chi connectivity index (χ0v) is 54.4. The number of nitrogens with zero attached hydrogens (tertiary/aromatic N) is 6. The Balaban J connectivity index is 0.862. The lowest BCUT2D eigenvalue weighted by molar-refractivity contribution is 0.758. The van der Waals surface area contributed by atoms with Crippen molar-refractivity contribution in [2.24, 2.45) is 0 Å². The summed E-state index contributed by atoms with van der Waals surface area (Å²) in [5, 5.41) is 32.8. The van der Waals surface area contributed by atoms with Crippen molar-refractivity contribution in [3.05, 3.63) is 410 Å². The van der Waals surface area contributed by atoms with E-state index in [9.17, 15) is 23.7 Å². The molecule has 0 fully saturated rings. The summed E-state index contributed by atoms with van der Waals surface area (Å²) in [4.78, 5) is 9.14. The summed E-state index contributed by atoms with van der Waals surface area (Å²) < 4.78 is 4.94. The molecule has 18 aromatic rings. The molecule has 462 valence electrons. The molecule has 12 aliphatic rings. The molecule has 0 atom stereocenters. The van der Waals surface area contributed by atoms with E-state index in [1.165, 1.54) is 111 Å². The van der Waals surface area contributed by atoms with E-state index in [-0.39, 0.29) is 47.3 Å². The molecule has 0 amide bonds. The van der Waals surface area contributed by atoms with Gasteiger partial charge in [0.2, 0.25) is 0 Å². The molecule has 0 radical (unpaired) electrons. The highest BCUT2D eigenvalue weighted by Gasteiger charge is 2.50. The van der Waals surface area contributed by atoms with Gasteiger partial charge in [0, 0.05) is 101 Å². The molecule has 0 saturated heterocycles. The average molecular weight is 1290 g/mol. The van der Waals surface area contributed by atoms with Crippen molar-refractivity contribution in [2.75, 3.05) is 0 Å². The number of benzene rings is 14. The van der Waals surface area contributed by atoms with Crippen LogP contribution in [0.2, 0.25) is 0 Å². The molecule has 0 N–H and O–H groups in total. The van der Waals surface area contributed by atoms with E-state index in [1.807, 2.05) is 0 Å². The molecule has 0 aliphatic heterocycles. The SMILES string of the molecule is [C-]#[N+]c1cc2c(c3c1C1c4ccccc4C3c3ccccc31)c1cc(-c3cc4c5c6c(c(C#N)cc5n5c7cc(C#N)c8c(c7c(c3)c45)C3c4ccccc4C8c4ccccc43)C3c4ccccc4C6c4ccccc43)cc3c4c5c(c([N+]#[C-])cc4n2c13)C1c2ccccc2C5c2ccccc21. The zero-order chi connectivity index (χ0) is 66.3. The van der Waals surface area contributed by atoms with Crippen LogP contribution in [0.4, 0.5) is 11.4 Å². The molecule has 0 unspecified atom stereocenters. The predicted molar refractivity (Wildman–Crippen MR) is 402 cm³/mol. The quantitative estimate of drug-likeness (QED) is 0.154. The fourth-order valence-electron chi connectivity index (χ4n) is 23.1. The molecule has 0 saturated carbocycles. The molecule has 8 bridgehead atoms. The first kappa shape index (κ1) is 52.7. The van der Waals surface area contributed by atoms with Crippen molar-refractivity contribution in [3.63, 3.8) is 0 Å². The molecule has 4 aromatic heterocycles. The van der Waals surface area contributed by atoms with Crippen molar-refractivity contribution in [1.29, 1.82) is 10.5 Å². The Morgan fingerprint density at radius 2 is 0.451 bits per heavy atom. The lowest BCUT2D eigenvalue weighted by Gasteiger charge is -2.43. The van der Waals surface area contributed by atoms with E-state index in [1.54, 1.807) is 0 Å². The number of hydrogen-bond donors (Lipinski definition) is 0. The second-order valence-corrected chi connectivity index (χ2v) is 30.0. The molecule has 102 heavy (non-hydrogen) atoms. The van der Waals surface area contributed by atoms with Gasteiger partial charge in [-0.3, -0.25) is 0 Å². The number of nitriles is 2. The highest BCUT2D eigenvalue weighted by atomic mass is 14.9. The second kappa shape index (κ2) is 17.7. The molecule has 14 aromatic carbocycles. The lowest BCUT2D eigenvalue weighted by Crippen LogP contribution is -2.28. The van der Waals surface area contributed by atoms with Crippen LogP contribution in [-0.2, 0) is 0 Å². The molecule has 6 heteroatoms. The van der Waals surface area contributed by atoms with Gasteiger partial charge in [0.05, 0.1) is 58.5 Å². The minimum absolute atomic E-state index is 0.133. The topological polar surface area (TPSA) is 65.1 Å². The Hall–Kier alpha value is -13.4. The number of aromatic nitrogens is 2. The monoisotopic (exact) mass is 1280 g/mol. The molecular formula is C96H48N6. The standard InChI is InChI=1S/C96H48N6/c1-99-69-41-73-87(93-83-61-31-15-7-23-53(61)79(89(69)93)54-24-8-16-32-62(54)83)67-37-46(38-68-88-74(102(73)96(67)68)42-70(100-2)90-80-55-25-9-17-33-63(55)84(94(88)90)64-34-18-10-26-56(64)80)45-35-65-85-71(39-47(43-97)75-77-49-19-3-11-27-57(49)81(91(75)85)58-28-12-4-20-50(58)77)101-72-40-48(44-98)76-78-51-21-5-13-29-59(51)82(60-30-14-6-22-52(60)78)92(76)86(72)66(36-45)95(65)101/h3-42,77-84H. The molecule has 12 aliphatic carbocycles. The number of fused-ring (bicyclic) bond motifs is 12. The van der Waals surface area contributed by atoms with Crippen LogP contribution in [0.5, 0.6) is 0 Å². The molecule has 4 heterocycles. The highest BCUT2D eigenvalue weighted by Crippen LogP contribution is 2.67. The number of hydrogen-bond acceptors (Lipinski definition) is 2. The van der Waals surface area contributed by atoms with Crippen LogP contribution in [0.15, 0.2) is 243 Å². The van der Waals surface area contributed by atoms with Crippen molar-refractivity contribution >= 4 is 87.6 Å². The normalized spacial score (nSPS) is 19.9. The van der Waals surface area contributed by atoms with Gasteiger partial charge in [-0.2, -0.15) is 10.5 Å². The van der Waals surface area contributed by atoms with Crippen LogP contribution in [0.25, 0.3) is 97.0 Å². The maximum Gasteiger partial charge on any atom is 0.193 e. The van der Waals surface area contributed by atoms with Crippen molar-refractivity contribution in [2.45, 2.75) is 47.3 Å². The van der Waals surface area contributed by atoms with Crippen LogP contribution in [0, 0.1) is 35.8 Å². The van der Waals surface area contributed by atoms with Gasteiger partial charge in [0.1, 0.15) is 0 Å². The van der Waals surface area contributed by atoms with Gasteiger partial charge in [0.25, 0.3) is 0 Å². The van der Waals surface area contributed by atoms with Gasteiger partial charge in [-0.15, -0.1) is 0 Å². The zero-order valence-electron chi connectivity index (χ0n) is 54.4. The van der Waals surface area contributed by atoms with E-state index >= 15 is 0 Å². The van der Waals surface area contributed by atoms with Gasteiger partial charge in [0.15, 0.2) is 11.4 Å². The molecule has 30 rings (SSSR count). The second-order valence-electron chi connectivity index (χ2n) is 30.0. The Morgan fingerprint density at radius 3 is 0.667 bits per heavy atom. The maximum absolute atomic E-state index is 11.8. The summed E-state index contributed by atoms with van der Waals surface area (Å²) in [6.07, 6.45) is 0. The number of rotatable bonds is 1. The van der Waals surface area contributed by atoms with Crippen LogP contribution in [-0.4, -0.2) is 8.80 Å². The van der Waals surface area contributed by atoms with E-state index < -0.39 is 0 Å². The predicted octanol–water partition coefficient (Wildman–Crippen LogP) is 22.4. The Kier molecular flexibility index (Phi) is 9.16. The van der Waals surface area contributed by atoms with Gasteiger partial charge in [-0.05, 0) is 193 Å². The van der Waals surface area contributed by atoms with Crippen LogP contribution in [0.1, 0.15) is 192 Å². The third-order valence-electron chi connectivity index (χ3n) is 26.3. The van der Waals surface area contributed by atoms with Gasteiger partial charge in [-0.25, -0.2) is 9.69 Å². The smallest absolute Gasteiger partial charge is 0.193 e. The summed E-state index contributed by atoms with van der Waals surface area (Å²) in [6.45, 7) is 18.5. The Bertz CT molecular complexity index is 6330. The highest BCUT2D eigenvalue weighted by molar-refractivity contribution is 6.30. The molecular weight excluding hydrogens is 1240 g/mol. The van der Waals surface area contributed by atoms with Crippen molar-refractivity contribution in [1.82, 2.24) is 8.80 Å². The third kappa shape index (κ3) is 5.67. The average Bonchev–Trinajstić information content (AvgIpc) is 1.45. The van der Waals surface area contributed by atoms with E-state index in [2.05, 4.69) is 273 Å². The Morgan fingerprint density at radius 1 is 0.255 bits per heavy atom. The first-order valence-corrected chi connectivity index (χ1v) is 35.6. The third-order valence-corrected chi connectivity index (χ3v) is 26.3. The van der Waals surface area contributed by atoms with Gasteiger partial charge >= 0.3 is 0 Å². The fourth-order valence-corrected chi connectivity index (χ4v) is 23.1. The Labute approximate surface area is 584 Å².